The van der Waals surface area contributed by atoms with Gasteiger partial charge in [-0.05, 0) is 44.5 Å². The summed E-state index contributed by atoms with van der Waals surface area (Å²) in [4.78, 5) is 24.8. The predicted octanol–water partition coefficient (Wildman–Crippen LogP) is 3.68. The van der Waals surface area contributed by atoms with Gasteiger partial charge in [0.05, 0.1) is 12.3 Å². The van der Waals surface area contributed by atoms with Crippen LogP contribution in [0.2, 0.25) is 5.02 Å². The fourth-order valence-electron chi connectivity index (χ4n) is 2.95. The molecule has 7 nitrogen and oxygen atoms in total. The van der Waals surface area contributed by atoms with Gasteiger partial charge < -0.3 is 14.8 Å². The van der Waals surface area contributed by atoms with E-state index in [4.69, 9.17) is 21.1 Å². The van der Waals surface area contributed by atoms with E-state index in [-0.39, 0.29) is 17.3 Å². The zero-order valence-electron chi connectivity index (χ0n) is 17.6. The van der Waals surface area contributed by atoms with Crippen LogP contribution in [0.3, 0.4) is 0 Å². The molecule has 8 heteroatoms. The number of carbonyl (C=O) groups excluding carboxylic acids is 1. The van der Waals surface area contributed by atoms with Gasteiger partial charge in [-0.15, -0.1) is 5.10 Å². The first-order valence-electron chi connectivity index (χ1n) is 9.91. The average molecular weight is 442 g/mol. The lowest BCUT2D eigenvalue weighted by molar-refractivity contribution is -0.127. The van der Waals surface area contributed by atoms with Crippen LogP contribution in [0.4, 0.5) is 0 Å². The van der Waals surface area contributed by atoms with Crippen molar-refractivity contribution in [2.45, 2.75) is 33.4 Å². The van der Waals surface area contributed by atoms with Gasteiger partial charge in [0.1, 0.15) is 5.75 Å². The van der Waals surface area contributed by atoms with E-state index in [0.717, 1.165) is 16.9 Å². The molecule has 0 aliphatic rings. The Bertz CT molecular complexity index is 1130. The third-order valence-corrected chi connectivity index (χ3v) is 4.80. The normalized spacial score (nSPS) is 11.6. The van der Waals surface area contributed by atoms with Crippen molar-refractivity contribution in [2.75, 3.05) is 6.61 Å². The topological polar surface area (TPSA) is 82.5 Å². The summed E-state index contributed by atoms with van der Waals surface area (Å²) in [5.74, 6) is 0.561. The molecule has 3 aromatic rings. The van der Waals surface area contributed by atoms with Gasteiger partial charge in [0.25, 0.3) is 11.5 Å². The molecule has 0 radical (unpaired) electrons. The van der Waals surface area contributed by atoms with Crippen LogP contribution in [0.15, 0.2) is 59.4 Å². The summed E-state index contributed by atoms with van der Waals surface area (Å²) in [6, 6.07) is 15.5. The number of ether oxygens (including phenoxy) is 2. The van der Waals surface area contributed by atoms with Gasteiger partial charge in [0, 0.05) is 29.3 Å². The van der Waals surface area contributed by atoms with Gasteiger partial charge in [-0.3, -0.25) is 9.59 Å². The van der Waals surface area contributed by atoms with Crippen molar-refractivity contribution in [3.8, 4) is 17.3 Å². The van der Waals surface area contributed by atoms with E-state index in [9.17, 15) is 9.59 Å². The zero-order valence-corrected chi connectivity index (χ0v) is 18.3. The number of halogens is 1. The average Bonchev–Trinajstić information content (AvgIpc) is 2.76. The van der Waals surface area contributed by atoms with Gasteiger partial charge in [-0.2, -0.15) is 4.68 Å². The van der Waals surface area contributed by atoms with E-state index in [0.29, 0.717) is 23.9 Å². The predicted molar refractivity (Wildman–Crippen MR) is 119 cm³/mol. The molecule has 1 unspecified atom stereocenters. The minimum absolute atomic E-state index is 0.149. The molecule has 0 fully saturated rings. The molecule has 1 N–H and O–H groups in total. The Hall–Kier alpha value is -3.32. The molecule has 0 saturated carbocycles. The van der Waals surface area contributed by atoms with Crippen LogP contribution >= 0.6 is 11.6 Å². The largest absolute Gasteiger partial charge is 0.494 e. The van der Waals surface area contributed by atoms with Gasteiger partial charge >= 0.3 is 0 Å². The van der Waals surface area contributed by atoms with Gasteiger partial charge in [0.15, 0.2) is 6.10 Å². The van der Waals surface area contributed by atoms with Crippen LogP contribution in [0, 0.1) is 6.92 Å². The third-order valence-electron chi connectivity index (χ3n) is 4.57. The van der Waals surface area contributed by atoms with Gasteiger partial charge in [-0.25, -0.2) is 0 Å². The summed E-state index contributed by atoms with van der Waals surface area (Å²) in [6.45, 7) is 6.22. The SMILES string of the molecule is CCOc1ccccc1CNC(=O)C(C)Oc1ccc(=O)n(-c2cc(Cl)ccc2C)n1. The number of carbonyl (C=O) groups is 1. The van der Waals surface area contributed by atoms with Crippen LogP contribution in [0.5, 0.6) is 11.6 Å². The molecule has 0 aliphatic heterocycles. The molecule has 1 amide bonds. The van der Waals surface area contributed by atoms with Crippen LogP contribution in [-0.4, -0.2) is 28.4 Å². The Balaban J connectivity index is 1.70. The Labute approximate surface area is 185 Å². The second-order valence-corrected chi connectivity index (χ2v) is 7.31. The monoisotopic (exact) mass is 441 g/mol. The highest BCUT2D eigenvalue weighted by atomic mass is 35.5. The summed E-state index contributed by atoms with van der Waals surface area (Å²) in [5, 5.41) is 7.57. The lowest BCUT2D eigenvalue weighted by Crippen LogP contribution is -2.36. The molecule has 31 heavy (non-hydrogen) atoms. The highest BCUT2D eigenvalue weighted by Crippen LogP contribution is 2.19. The number of benzene rings is 2. The molecular weight excluding hydrogens is 418 g/mol. The molecule has 3 rings (SSSR count). The standard InChI is InChI=1S/C23H24ClN3O4/c1-4-30-20-8-6-5-7-17(20)14-25-23(29)16(3)31-21-11-12-22(28)27(26-21)19-13-18(24)10-9-15(19)2/h5-13,16H,4,14H2,1-3H3,(H,25,29). The summed E-state index contributed by atoms with van der Waals surface area (Å²) in [5.41, 5.74) is 1.91. The molecular formula is C23H24ClN3O4. The number of para-hydroxylation sites is 1. The van der Waals surface area contributed by atoms with Gasteiger partial charge in [0.2, 0.25) is 5.88 Å². The minimum Gasteiger partial charge on any atom is -0.494 e. The van der Waals surface area contributed by atoms with E-state index in [2.05, 4.69) is 10.4 Å². The Morgan fingerprint density at radius 2 is 1.97 bits per heavy atom. The van der Waals surface area contributed by atoms with Crippen molar-refractivity contribution >= 4 is 17.5 Å². The molecule has 1 heterocycles. The summed E-state index contributed by atoms with van der Waals surface area (Å²) < 4.78 is 12.5. The second kappa shape index (κ2) is 10.1. The number of nitrogens with one attached hydrogen (secondary N) is 1. The molecule has 1 atom stereocenters. The zero-order chi connectivity index (χ0) is 22.4. The van der Waals surface area contributed by atoms with Crippen molar-refractivity contribution in [1.82, 2.24) is 15.1 Å². The second-order valence-electron chi connectivity index (χ2n) is 6.87. The van der Waals surface area contributed by atoms with Crippen molar-refractivity contribution in [1.29, 1.82) is 0 Å². The Morgan fingerprint density at radius 3 is 2.74 bits per heavy atom. The number of aromatic nitrogens is 2. The maximum Gasteiger partial charge on any atom is 0.271 e. The van der Waals surface area contributed by atoms with Crippen molar-refractivity contribution in [3.63, 3.8) is 0 Å². The Kier molecular flexibility index (Phi) is 7.31. The number of aryl methyl sites for hydroxylation is 1. The number of amides is 1. The fraction of sp³-hybridized carbons (Fsp3) is 0.261. The summed E-state index contributed by atoms with van der Waals surface area (Å²) in [6.07, 6.45) is -0.821. The summed E-state index contributed by atoms with van der Waals surface area (Å²) in [7, 11) is 0. The van der Waals surface area contributed by atoms with E-state index < -0.39 is 6.10 Å². The van der Waals surface area contributed by atoms with Gasteiger partial charge in [-0.1, -0.05) is 35.9 Å². The van der Waals surface area contributed by atoms with E-state index in [1.165, 1.54) is 16.8 Å². The molecule has 2 aromatic carbocycles. The highest BCUT2D eigenvalue weighted by Gasteiger charge is 2.17. The van der Waals surface area contributed by atoms with Crippen LogP contribution in [0.1, 0.15) is 25.0 Å². The Morgan fingerprint density at radius 1 is 1.19 bits per heavy atom. The summed E-state index contributed by atoms with van der Waals surface area (Å²) >= 11 is 6.06. The van der Waals surface area contributed by atoms with Crippen LogP contribution < -0.4 is 20.3 Å². The first-order chi connectivity index (χ1) is 14.9. The third kappa shape index (κ3) is 5.64. The lowest BCUT2D eigenvalue weighted by Gasteiger charge is -2.16. The van der Waals surface area contributed by atoms with Crippen LogP contribution in [-0.2, 0) is 11.3 Å². The quantitative estimate of drug-likeness (QED) is 0.576. The maximum absolute atomic E-state index is 12.5. The molecule has 0 saturated heterocycles. The molecule has 0 bridgehead atoms. The fourth-order valence-corrected chi connectivity index (χ4v) is 3.11. The van der Waals surface area contributed by atoms with E-state index in [1.54, 1.807) is 25.1 Å². The smallest absolute Gasteiger partial charge is 0.271 e. The van der Waals surface area contributed by atoms with Crippen molar-refractivity contribution in [3.05, 3.63) is 81.1 Å². The van der Waals surface area contributed by atoms with Crippen molar-refractivity contribution < 1.29 is 14.3 Å². The molecule has 1 aromatic heterocycles. The van der Waals surface area contributed by atoms with E-state index in [1.807, 2.05) is 38.1 Å². The number of nitrogens with zero attached hydrogens (tertiary/aromatic N) is 2. The maximum atomic E-state index is 12.5. The van der Waals surface area contributed by atoms with E-state index >= 15 is 0 Å². The molecule has 0 aliphatic carbocycles. The highest BCUT2D eigenvalue weighted by molar-refractivity contribution is 6.30. The number of hydrogen-bond donors (Lipinski definition) is 1. The first-order valence-corrected chi connectivity index (χ1v) is 10.3. The van der Waals surface area contributed by atoms with Crippen LogP contribution in [0.25, 0.3) is 5.69 Å². The lowest BCUT2D eigenvalue weighted by atomic mass is 10.2. The number of hydrogen-bond acceptors (Lipinski definition) is 5. The molecule has 0 spiro atoms. The minimum atomic E-state index is -0.821. The first kappa shape index (κ1) is 22.4. The van der Waals surface area contributed by atoms with Crippen molar-refractivity contribution in [2.24, 2.45) is 0 Å². The number of rotatable bonds is 8. The molecule has 162 valence electrons.